The van der Waals surface area contributed by atoms with Crippen LogP contribution in [0, 0.1) is 13.8 Å². The SMILES string of the molecule is Cc1sc2ncnc(SCC(=O)NCc3cccnc3N3CCN(C)CC3)c2c1C. The Hall–Kier alpha value is -2.23. The van der Waals surface area contributed by atoms with Crippen LogP contribution in [0.3, 0.4) is 0 Å². The monoisotopic (exact) mass is 442 g/mol. The normalized spacial score (nSPS) is 15.0. The molecule has 0 aromatic carbocycles. The van der Waals surface area contributed by atoms with Gasteiger partial charge in [0.1, 0.15) is 22.0 Å². The number of hydrogen-bond acceptors (Lipinski definition) is 8. The smallest absolute Gasteiger partial charge is 0.230 e. The first kappa shape index (κ1) is 21.0. The van der Waals surface area contributed by atoms with Crippen molar-refractivity contribution in [3.63, 3.8) is 0 Å². The standard InChI is InChI=1S/C21H26N6OS2/c1-14-15(2)30-21-18(14)20(24-13-25-21)29-12-17(28)23-11-16-5-4-6-22-19(16)27-9-7-26(3)8-10-27/h4-6,13H,7-12H2,1-3H3,(H,23,28). The number of carbonyl (C=O) groups excluding carboxylic acids is 1. The molecule has 0 saturated carbocycles. The van der Waals surface area contributed by atoms with Gasteiger partial charge < -0.3 is 15.1 Å². The van der Waals surface area contributed by atoms with Crippen LogP contribution in [0.1, 0.15) is 16.0 Å². The van der Waals surface area contributed by atoms with Crippen molar-refractivity contribution < 1.29 is 4.79 Å². The summed E-state index contributed by atoms with van der Waals surface area (Å²) in [6.07, 6.45) is 3.40. The molecule has 1 N–H and O–H groups in total. The molecule has 7 nitrogen and oxygen atoms in total. The average Bonchev–Trinajstić information content (AvgIpc) is 3.06. The number of nitrogens with zero attached hydrogens (tertiary/aromatic N) is 5. The first-order valence-electron chi connectivity index (χ1n) is 10.0. The summed E-state index contributed by atoms with van der Waals surface area (Å²) in [5, 5.41) is 4.99. The van der Waals surface area contributed by atoms with Crippen LogP contribution in [0.25, 0.3) is 10.2 Å². The van der Waals surface area contributed by atoms with Gasteiger partial charge in [-0.1, -0.05) is 17.8 Å². The Balaban J connectivity index is 1.37. The average molecular weight is 443 g/mol. The van der Waals surface area contributed by atoms with E-state index in [1.807, 2.05) is 18.3 Å². The van der Waals surface area contributed by atoms with Crippen LogP contribution in [0.5, 0.6) is 0 Å². The summed E-state index contributed by atoms with van der Waals surface area (Å²) in [5.41, 5.74) is 2.25. The van der Waals surface area contributed by atoms with Crippen LogP contribution in [0.4, 0.5) is 5.82 Å². The van der Waals surface area contributed by atoms with Crippen molar-refractivity contribution in [2.45, 2.75) is 25.4 Å². The molecule has 0 radical (unpaired) electrons. The fourth-order valence-corrected chi connectivity index (χ4v) is 5.46. The van der Waals surface area contributed by atoms with Gasteiger partial charge in [-0.3, -0.25) is 4.79 Å². The predicted molar refractivity (Wildman–Crippen MR) is 123 cm³/mol. The molecular weight excluding hydrogens is 416 g/mol. The van der Waals surface area contributed by atoms with Crippen molar-refractivity contribution in [2.24, 2.45) is 0 Å². The molecule has 30 heavy (non-hydrogen) atoms. The second-order valence-corrected chi connectivity index (χ2v) is 9.65. The minimum absolute atomic E-state index is 0.00968. The molecule has 1 aliphatic rings. The Morgan fingerprint density at radius 2 is 2.00 bits per heavy atom. The maximum atomic E-state index is 12.5. The van der Waals surface area contributed by atoms with Crippen molar-refractivity contribution >= 4 is 45.0 Å². The van der Waals surface area contributed by atoms with E-state index in [-0.39, 0.29) is 5.91 Å². The molecule has 0 atom stereocenters. The Labute approximate surface area is 184 Å². The number of fused-ring (bicyclic) bond motifs is 1. The molecule has 158 valence electrons. The zero-order chi connectivity index (χ0) is 21.1. The molecular formula is C21H26N6OS2. The van der Waals surface area contributed by atoms with Gasteiger partial charge in [-0.2, -0.15) is 0 Å². The van der Waals surface area contributed by atoms with E-state index in [1.165, 1.54) is 22.2 Å². The van der Waals surface area contributed by atoms with E-state index in [0.29, 0.717) is 12.3 Å². The molecule has 1 saturated heterocycles. The van der Waals surface area contributed by atoms with E-state index < -0.39 is 0 Å². The fraction of sp³-hybridized carbons (Fsp3) is 0.429. The van der Waals surface area contributed by atoms with E-state index in [4.69, 9.17) is 0 Å². The highest BCUT2D eigenvalue weighted by atomic mass is 32.2. The number of thiophene rings is 1. The Kier molecular flexibility index (Phi) is 6.50. The van der Waals surface area contributed by atoms with Crippen molar-refractivity contribution in [1.29, 1.82) is 0 Å². The lowest BCUT2D eigenvalue weighted by Gasteiger charge is -2.34. The number of piperazine rings is 1. The molecule has 0 spiro atoms. The number of amides is 1. The van der Waals surface area contributed by atoms with Gasteiger partial charge in [0.05, 0.1) is 5.75 Å². The van der Waals surface area contributed by atoms with Crippen LogP contribution < -0.4 is 10.2 Å². The summed E-state index contributed by atoms with van der Waals surface area (Å²) in [5.74, 6) is 1.29. The zero-order valence-corrected chi connectivity index (χ0v) is 19.1. The first-order valence-corrected chi connectivity index (χ1v) is 11.8. The largest absolute Gasteiger partial charge is 0.354 e. The first-order chi connectivity index (χ1) is 14.5. The minimum Gasteiger partial charge on any atom is -0.354 e. The van der Waals surface area contributed by atoms with Gasteiger partial charge in [0.2, 0.25) is 5.91 Å². The summed E-state index contributed by atoms with van der Waals surface area (Å²) in [4.78, 5) is 32.7. The van der Waals surface area contributed by atoms with Crippen LogP contribution >= 0.6 is 23.1 Å². The van der Waals surface area contributed by atoms with E-state index in [0.717, 1.165) is 52.8 Å². The van der Waals surface area contributed by atoms with Crippen molar-refractivity contribution in [1.82, 2.24) is 25.2 Å². The number of thioether (sulfide) groups is 1. The Bertz CT molecular complexity index is 1050. The fourth-order valence-electron chi connectivity index (χ4n) is 3.51. The summed E-state index contributed by atoms with van der Waals surface area (Å²) in [6.45, 7) is 8.60. The lowest BCUT2D eigenvalue weighted by atomic mass is 10.2. The number of pyridine rings is 1. The highest BCUT2D eigenvalue weighted by Crippen LogP contribution is 2.34. The molecule has 3 aromatic heterocycles. The Morgan fingerprint density at radius 1 is 1.20 bits per heavy atom. The summed E-state index contributed by atoms with van der Waals surface area (Å²) >= 11 is 3.14. The van der Waals surface area contributed by atoms with Crippen LogP contribution in [0.15, 0.2) is 29.7 Å². The topological polar surface area (TPSA) is 74.2 Å². The van der Waals surface area contributed by atoms with Crippen LogP contribution in [-0.4, -0.2) is 64.7 Å². The summed E-state index contributed by atoms with van der Waals surface area (Å²) in [6, 6.07) is 3.97. The molecule has 1 fully saturated rings. The van der Waals surface area contributed by atoms with Gasteiger partial charge in [0.15, 0.2) is 0 Å². The maximum absolute atomic E-state index is 12.5. The highest BCUT2D eigenvalue weighted by Gasteiger charge is 2.18. The van der Waals surface area contributed by atoms with Gasteiger partial charge in [0.25, 0.3) is 0 Å². The number of nitrogens with one attached hydrogen (secondary N) is 1. The van der Waals surface area contributed by atoms with E-state index >= 15 is 0 Å². The number of aryl methyl sites for hydroxylation is 2. The number of hydrogen-bond donors (Lipinski definition) is 1. The zero-order valence-electron chi connectivity index (χ0n) is 17.5. The second kappa shape index (κ2) is 9.28. The van der Waals surface area contributed by atoms with E-state index in [1.54, 1.807) is 17.7 Å². The molecule has 1 amide bonds. The van der Waals surface area contributed by atoms with Gasteiger partial charge in [-0.05, 0) is 32.5 Å². The van der Waals surface area contributed by atoms with Crippen LogP contribution in [0.2, 0.25) is 0 Å². The third kappa shape index (κ3) is 4.58. The quantitative estimate of drug-likeness (QED) is 0.465. The van der Waals surface area contributed by atoms with Crippen molar-refractivity contribution in [3.05, 3.63) is 40.7 Å². The van der Waals surface area contributed by atoms with Crippen LogP contribution in [-0.2, 0) is 11.3 Å². The highest BCUT2D eigenvalue weighted by molar-refractivity contribution is 8.00. The lowest BCUT2D eigenvalue weighted by molar-refractivity contribution is -0.118. The predicted octanol–water partition coefficient (Wildman–Crippen LogP) is 2.86. The number of aromatic nitrogens is 3. The summed E-state index contributed by atoms with van der Waals surface area (Å²) in [7, 11) is 2.14. The number of rotatable bonds is 6. The Morgan fingerprint density at radius 3 is 2.80 bits per heavy atom. The van der Waals surface area contributed by atoms with Gasteiger partial charge in [0, 0.05) is 54.7 Å². The van der Waals surface area contributed by atoms with Gasteiger partial charge in [-0.15, -0.1) is 11.3 Å². The number of carbonyl (C=O) groups is 1. The van der Waals surface area contributed by atoms with Crippen molar-refractivity contribution in [2.75, 3.05) is 43.9 Å². The molecule has 0 bridgehead atoms. The lowest BCUT2D eigenvalue weighted by Crippen LogP contribution is -2.45. The van der Waals surface area contributed by atoms with Crippen molar-refractivity contribution in [3.8, 4) is 0 Å². The van der Waals surface area contributed by atoms with Gasteiger partial charge in [-0.25, -0.2) is 15.0 Å². The molecule has 3 aromatic rings. The summed E-state index contributed by atoms with van der Waals surface area (Å²) < 4.78 is 0. The second-order valence-electron chi connectivity index (χ2n) is 7.48. The molecule has 9 heteroatoms. The molecule has 4 heterocycles. The maximum Gasteiger partial charge on any atom is 0.230 e. The molecule has 0 aliphatic carbocycles. The van der Waals surface area contributed by atoms with Gasteiger partial charge >= 0.3 is 0 Å². The minimum atomic E-state index is -0.00968. The molecule has 0 unspecified atom stereocenters. The number of likely N-dealkylation sites (N-methyl/N-ethyl adjacent to an activating group) is 1. The van der Waals surface area contributed by atoms with E-state index in [9.17, 15) is 4.79 Å². The third-order valence-corrected chi connectivity index (χ3v) is 7.52. The number of anilines is 1. The molecule has 1 aliphatic heterocycles. The van der Waals surface area contributed by atoms with E-state index in [2.05, 4.69) is 51.0 Å². The third-order valence-electron chi connectivity index (χ3n) is 5.42. The molecule has 4 rings (SSSR count).